The van der Waals surface area contributed by atoms with Crippen LogP contribution in [0.25, 0.3) is 0 Å². The van der Waals surface area contributed by atoms with Crippen molar-refractivity contribution < 1.29 is 18.9 Å². The van der Waals surface area contributed by atoms with Crippen molar-refractivity contribution in [1.29, 1.82) is 0 Å². The van der Waals surface area contributed by atoms with Crippen LogP contribution in [0.4, 0.5) is 5.69 Å². The lowest BCUT2D eigenvalue weighted by atomic mass is 10.2. The molecule has 0 aliphatic rings. The molecule has 0 unspecified atom stereocenters. The summed E-state index contributed by atoms with van der Waals surface area (Å²) in [6.45, 7) is -0.0152. The van der Waals surface area contributed by atoms with Gasteiger partial charge in [-0.05, 0) is 24.3 Å². The van der Waals surface area contributed by atoms with Crippen LogP contribution in [0.5, 0.6) is 5.75 Å². The lowest BCUT2D eigenvalue weighted by Gasteiger charge is -2.05. The first-order valence-electron chi connectivity index (χ1n) is 8.60. The van der Waals surface area contributed by atoms with E-state index in [2.05, 4.69) is 20.7 Å². The Morgan fingerprint density at radius 3 is 2.78 bits per heavy atom. The van der Waals surface area contributed by atoms with Gasteiger partial charge in [0.1, 0.15) is 10.8 Å². The van der Waals surface area contributed by atoms with E-state index in [-0.39, 0.29) is 34.2 Å². The molecule has 0 spiro atoms. The molecule has 166 valence electrons. The highest BCUT2D eigenvalue weighted by molar-refractivity contribution is 7.99. The van der Waals surface area contributed by atoms with Crippen molar-refractivity contribution >= 4 is 64.4 Å². The minimum Gasteiger partial charge on any atom is -0.482 e. The predicted molar refractivity (Wildman–Crippen MR) is 120 cm³/mol. The summed E-state index contributed by atoms with van der Waals surface area (Å²) in [6.07, 6.45) is 1.26. The molecule has 0 saturated carbocycles. The van der Waals surface area contributed by atoms with E-state index in [1.54, 1.807) is 18.2 Å². The number of halogens is 3. The Hall–Kier alpha value is -2.86. The molecule has 0 aliphatic carbocycles. The molecule has 10 nitrogen and oxygen atoms in total. The van der Waals surface area contributed by atoms with Gasteiger partial charge in [-0.1, -0.05) is 52.6 Å². The Bertz CT molecular complexity index is 1170. The lowest BCUT2D eigenvalue weighted by molar-refractivity contribution is -0.384. The predicted octanol–water partition coefficient (Wildman–Crippen LogP) is 4.76. The Labute approximate surface area is 200 Å². The number of ether oxygens (including phenoxy) is 1. The van der Waals surface area contributed by atoms with Crippen LogP contribution >= 0.6 is 46.6 Å². The van der Waals surface area contributed by atoms with Gasteiger partial charge < -0.3 is 9.15 Å². The molecule has 0 bridgehead atoms. The van der Waals surface area contributed by atoms with Gasteiger partial charge in [-0.25, -0.2) is 5.43 Å². The van der Waals surface area contributed by atoms with Crippen molar-refractivity contribution in [2.45, 2.75) is 11.8 Å². The molecule has 3 rings (SSSR count). The van der Waals surface area contributed by atoms with Crippen molar-refractivity contribution in [2.24, 2.45) is 5.10 Å². The summed E-state index contributed by atoms with van der Waals surface area (Å²) in [7, 11) is 0. The third kappa shape index (κ3) is 6.82. The number of benzene rings is 2. The molecule has 14 heteroatoms. The zero-order chi connectivity index (χ0) is 23.1. The second kappa shape index (κ2) is 11.1. The number of amides is 1. The highest BCUT2D eigenvalue weighted by atomic mass is 35.5. The number of hydrogen-bond acceptors (Lipinski definition) is 9. The van der Waals surface area contributed by atoms with Gasteiger partial charge in [-0.15, -0.1) is 10.2 Å². The minimum atomic E-state index is -0.608. The summed E-state index contributed by atoms with van der Waals surface area (Å²) in [5, 5.41) is 23.3. The maximum Gasteiger partial charge on any atom is 0.288 e. The van der Waals surface area contributed by atoms with Gasteiger partial charge in [0.2, 0.25) is 0 Å². The van der Waals surface area contributed by atoms with Gasteiger partial charge in [-0.2, -0.15) is 5.10 Å². The number of rotatable bonds is 9. The van der Waals surface area contributed by atoms with Crippen LogP contribution in [0, 0.1) is 10.1 Å². The van der Waals surface area contributed by atoms with Crippen molar-refractivity contribution in [1.82, 2.24) is 15.6 Å². The summed E-state index contributed by atoms with van der Waals surface area (Å²) < 4.78 is 10.9. The van der Waals surface area contributed by atoms with Crippen molar-refractivity contribution in [3.63, 3.8) is 0 Å². The summed E-state index contributed by atoms with van der Waals surface area (Å²) in [5.74, 6) is 0.107. The van der Waals surface area contributed by atoms with Gasteiger partial charge >= 0.3 is 0 Å². The maximum atomic E-state index is 11.9. The number of hydrogen-bond donors (Lipinski definition) is 1. The highest BCUT2D eigenvalue weighted by Crippen LogP contribution is 2.28. The zero-order valence-electron chi connectivity index (χ0n) is 15.8. The molecule has 0 radical (unpaired) electrons. The molecule has 3 aromatic rings. The standard InChI is InChI=1S/C18H12Cl3N5O5S/c19-11-2-4-15(13(21)6-11)30-8-17-24-25-18(31-17)32-9-16(27)23-22-7-10-1-3-12(20)14(5-10)26(28)29/h1-7H,8-9H2,(H,23,27)/b22-7-. The molecule has 0 atom stereocenters. The molecule has 0 saturated heterocycles. The molecule has 0 fully saturated rings. The number of nitrogens with one attached hydrogen (secondary N) is 1. The summed E-state index contributed by atoms with van der Waals surface area (Å²) in [4.78, 5) is 22.2. The van der Waals surface area contributed by atoms with Crippen molar-refractivity contribution in [2.75, 3.05) is 5.75 Å². The second-order valence-electron chi connectivity index (χ2n) is 5.87. The molecule has 1 amide bonds. The van der Waals surface area contributed by atoms with E-state index in [0.717, 1.165) is 11.8 Å². The summed E-state index contributed by atoms with van der Waals surface area (Å²) in [5.41, 5.74) is 2.44. The van der Waals surface area contributed by atoms with E-state index >= 15 is 0 Å². The van der Waals surface area contributed by atoms with Crippen LogP contribution in [0.15, 0.2) is 51.1 Å². The van der Waals surface area contributed by atoms with Crippen LogP contribution in [-0.2, 0) is 11.4 Å². The van der Waals surface area contributed by atoms with Gasteiger partial charge in [0, 0.05) is 16.7 Å². The molecular formula is C18H12Cl3N5O5S. The monoisotopic (exact) mass is 515 g/mol. The molecule has 2 aromatic carbocycles. The Kier molecular flexibility index (Phi) is 8.28. The lowest BCUT2D eigenvalue weighted by Crippen LogP contribution is -2.19. The maximum absolute atomic E-state index is 11.9. The number of nitro benzene ring substituents is 1. The Morgan fingerprint density at radius 1 is 1.22 bits per heavy atom. The van der Waals surface area contributed by atoms with Crippen LogP contribution < -0.4 is 10.2 Å². The number of nitrogens with zero attached hydrogens (tertiary/aromatic N) is 4. The quantitative estimate of drug-likeness (QED) is 0.186. The number of hydrazone groups is 1. The zero-order valence-corrected chi connectivity index (χ0v) is 18.9. The second-order valence-corrected chi connectivity index (χ2v) is 8.05. The fourth-order valence-electron chi connectivity index (χ4n) is 2.17. The number of carbonyl (C=O) groups is 1. The van der Waals surface area contributed by atoms with Gasteiger partial charge in [0.25, 0.3) is 22.7 Å². The number of thioether (sulfide) groups is 1. The number of aromatic nitrogens is 2. The summed E-state index contributed by atoms with van der Waals surface area (Å²) in [6, 6.07) is 8.93. The average Bonchev–Trinajstić information content (AvgIpc) is 3.20. The Balaban J connectivity index is 1.45. The molecule has 32 heavy (non-hydrogen) atoms. The molecule has 1 heterocycles. The van der Waals surface area contributed by atoms with Crippen LogP contribution in [-0.4, -0.2) is 33.0 Å². The van der Waals surface area contributed by atoms with Crippen molar-refractivity contribution in [3.05, 3.63) is 73.0 Å². The van der Waals surface area contributed by atoms with Gasteiger partial charge in [0.05, 0.1) is 21.9 Å². The molecular weight excluding hydrogens is 505 g/mol. The fourth-order valence-corrected chi connectivity index (χ4v) is 3.40. The van der Waals surface area contributed by atoms with E-state index < -0.39 is 10.8 Å². The van der Waals surface area contributed by atoms with Gasteiger partial charge in [-0.3, -0.25) is 14.9 Å². The van der Waals surface area contributed by atoms with E-state index in [9.17, 15) is 14.9 Å². The smallest absolute Gasteiger partial charge is 0.288 e. The number of nitro groups is 1. The average molecular weight is 517 g/mol. The summed E-state index contributed by atoms with van der Waals surface area (Å²) >= 11 is 18.6. The topological polar surface area (TPSA) is 133 Å². The third-order valence-corrected chi connectivity index (χ3v) is 5.26. The van der Waals surface area contributed by atoms with E-state index in [1.807, 2.05) is 0 Å². The normalized spacial score (nSPS) is 11.0. The first kappa shape index (κ1) is 23.8. The minimum absolute atomic E-state index is 0.00757. The first-order chi connectivity index (χ1) is 15.3. The van der Waals surface area contributed by atoms with E-state index in [1.165, 1.54) is 24.4 Å². The van der Waals surface area contributed by atoms with E-state index in [0.29, 0.717) is 21.4 Å². The molecule has 1 aromatic heterocycles. The largest absolute Gasteiger partial charge is 0.482 e. The molecule has 1 N–H and O–H groups in total. The van der Waals surface area contributed by atoms with Crippen LogP contribution in [0.1, 0.15) is 11.5 Å². The highest BCUT2D eigenvalue weighted by Gasteiger charge is 2.13. The Morgan fingerprint density at radius 2 is 2.03 bits per heavy atom. The van der Waals surface area contributed by atoms with Crippen LogP contribution in [0.3, 0.4) is 0 Å². The van der Waals surface area contributed by atoms with Crippen molar-refractivity contribution in [3.8, 4) is 5.75 Å². The van der Waals surface area contributed by atoms with Crippen LogP contribution in [0.2, 0.25) is 15.1 Å². The third-order valence-electron chi connectivity index (χ3n) is 3.59. The molecule has 0 aliphatic heterocycles. The SMILES string of the molecule is O=C(CSc1nnc(COc2ccc(Cl)cc2Cl)o1)N/N=C\c1ccc(Cl)c([N+](=O)[O-])c1. The number of carbonyl (C=O) groups excluding carboxylic acids is 1. The van der Waals surface area contributed by atoms with Gasteiger partial charge in [0.15, 0.2) is 6.61 Å². The van der Waals surface area contributed by atoms with E-state index in [4.69, 9.17) is 44.0 Å². The fraction of sp³-hybridized carbons (Fsp3) is 0.111. The first-order valence-corrected chi connectivity index (χ1v) is 10.7.